The van der Waals surface area contributed by atoms with E-state index in [0.29, 0.717) is 0 Å². The van der Waals surface area contributed by atoms with Gasteiger partial charge in [-0.05, 0) is 58.9 Å². The average Bonchev–Trinajstić information content (AvgIpc) is 1.72. The van der Waals surface area contributed by atoms with Crippen molar-refractivity contribution in [3.05, 3.63) is 0 Å². The molecule has 0 heterocycles. The van der Waals surface area contributed by atoms with E-state index in [0.717, 1.165) is 0 Å². The molecule has 0 aromatic heterocycles. The molecule has 0 aromatic rings. The van der Waals surface area contributed by atoms with Crippen LogP contribution in [0.3, 0.4) is 0 Å². The van der Waals surface area contributed by atoms with Gasteiger partial charge in [0.15, 0.2) is 16.6 Å². The monoisotopic (exact) mass is 296 g/mol. The molecule has 0 fully saturated rings. The molecular weight excluding hydrogens is 268 g/mol. The highest BCUT2D eigenvalue weighted by atomic mass is 29.3. The summed E-state index contributed by atoms with van der Waals surface area (Å²) in [5.41, 5.74) is 0. The topological polar surface area (TPSA) is 38.7 Å². The first-order valence-electron chi connectivity index (χ1n) is 5.79. The summed E-state index contributed by atoms with van der Waals surface area (Å²) in [6.07, 6.45) is 0. The van der Waals surface area contributed by atoms with Crippen molar-refractivity contribution in [2.24, 2.45) is 0 Å². The minimum absolute atomic E-state index is 1.61. The van der Waals surface area contributed by atoms with Crippen LogP contribution in [0.4, 0.5) is 0 Å². The van der Waals surface area contributed by atoms with Crippen molar-refractivity contribution in [1.29, 1.82) is 0 Å². The van der Waals surface area contributed by atoms with Gasteiger partial charge in [-0.25, -0.2) is 0 Å². The summed E-state index contributed by atoms with van der Waals surface area (Å²) < 4.78 is 12.3. The molecule has 1 atom stereocenters. The molecule has 0 amide bonds. The van der Waals surface area contributed by atoms with Crippen molar-refractivity contribution in [1.82, 2.24) is 0 Å². The van der Waals surface area contributed by atoms with Crippen molar-refractivity contribution in [3.8, 4) is 0 Å². The van der Waals surface area contributed by atoms with E-state index < -0.39 is 32.5 Å². The molecule has 0 aliphatic heterocycles. The molecule has 3 nitrogen and oxygen atoms in total. The molecule has 0 bridgehead atoms. The Morgan fingerprint density at radius 3 is 1.19 bits per heavy atom. The zero-order chi connectivity index (χ0) is 13.4. The van der Waals surface area contributed by atoms with Crippen LogP contribution < -0.4 is 0 Å². The molecule has 0 radical (unpaired) electrons. The number of rotatable bonds is 5. The molecule has 0 rings (SSSR count). The van der Waals surface area contributed by atoms with Crippen molar-refractivity contribution in [3.63, 3.8) is 0 Å². The van der Waals surface area contributed by atoms with Crippen LogP contribution in [0.25, 0.3) is 0 Å². The van der Waals surface area contributed by atoms with Crippen molar-refractivity contribution >= 4 is 32.5 Å². The predicted molar refractivity (Wildman–Crippen MR) is 80.2 cm³/mol. The average molecular weight is 297 g/mol. The zero-order valence-corrected chi connectivity index (χ0v) is 16.3. The van der Waals surface area contributed by atoms with Crippen molar-refractivity contribution in [2.45, 2.75) is 58.9 Å². The van der Waals surface area contributed by atoms with Gasteiger partial charge in [0.2, 0.25) is 7.83 Å². The van der Waals surface area contributed by atoms with Crippen LogP contribution in [0.15, 0.2) is 0 Å². The second-order valence-electron chi connectivity index (χ2n) is 6.92. The van der Waals surface area contributed by atoms with Crippen molar-refractivity contribution in [2.75, 3.05) is 0 Å². The van der Waals surface area contributed by atoms with E-state index in [4.69, 9.17) is 8.23 Å². The second-order valence-corrected chi connectivity index (χ2v) is 28.4. The van der Waals surface area contributed by atoms with Crippen LogP contribution >= 0.6 is 0 Å². The minimum atomic E-state index is -2.66. The summed E-state index contributed by atoms with van der Waals surface area (Å²) in [6.45, 7) is 18.9. The smallest absolute Gasteiger partial charge is 0.332 e. The lowest BCUT2D eigenvalue weighted by Crippen LogP contribution is -2.67. The van der Waals surface area contributed by atoms with Crippen LogP contribution in [0.2, 0.25) is 58.9 Å². The highest BCUT2D eigenvalue weighted by Gasteiger charge is 2.52. The lowest BCUT2D eigenvalue weighted by Gasteiger charge is -2.42. The maximum absolute atomic E-state index is 10.7. The van der Waals surface area contributed by atoms with E-state index in [9.17, 15) is 4.80 Å². The quantitative estimate of drug-likeness (QED) is 0.793. The maximum Gasteiger partial charge on any atom is 0.332 e. The van der Waals surface area contributed by atoms with Crippen LogP contribution in [0.5, 0.6) is 0 Å². The number of hydrogen-bond acceptors (Lipinski definition) is 3. The Balaban J connectivity index is 4.85. The Morgan fingerprint density at radius 2 is 0.938 bits per heavy atom. The van der Waals surface area contributed by atoms with Crippen LogP contribution in [-0.4, -0.2) is 37.3 Å². The Labute approximate surface area is 105 Å². The lowest BCUT2D eigenvalue weighted by molar-refractivity contribution is 0.388. The van der Waals surface area contributed by atoms with Crippen LogP contribution in [0.1, 0.15) is 0 Å². The Kier molecular flexibility index (Phi) is 5.01. The summed E-state index contributed by atoms with van der Waals surface area (Å²) in [4.78, 5) is 10.7. The third-order valence-electron chi connectivity index (χ3n) is 2.18. The Hall–Kier alpha value is 0.748. The molecular formula is C9H28O3Si4. The molecule has 16 heavy (non-hydrogen) atoms. The Bertz CT molecular complexity index is 214. The molecule has 1 N–H and O–H groups in total. The van der Waals surface area contributed by atoms with E-state index in [2.05, 4.69) is 52.4 Å². The van der Waals surface area contributed by atoms with Gasteiger partial charge < -0.3 is 13.0 Å². The fourth-order valence-electron chi connectivity index (χ4n) is 1.58. The van der Waals surface area contributed by atoms with Gasteiger partial charge in [0, 0.05) is 0 Å². The molecule has 0 spiro atoms. The summed E-state index contributed by atoms with van der Waals surface area (Å²) >= 11 is 0. The first kappa shape index (κ1) is 16.7. The van der Waals surface area contributed by atoms with Gasteiger partial charge in [-0.3, -0.25) is 0 Å². The van der Waals surface area contributed by atoms with Gasteiger partial charge in [0.1, 0.15) is 0 Å². The predicted octanol–water partition coefficient (Wildman–Crippen LogP) is 3.04. The molecule has 98 valence electrons. The van der Waals surface area contributed by atoms with Crippen molar-refractivity contribution < 1.29 is 13.0 Å². The van der Waals surface area contributed by atoms with Gasteiger partial charge in [0.25, 0.3) is 0 Å². The largest absolute Gasteiger partial charge is 0.454 e. The van der Waals surface area contributed by atoms with Gasteiger partial charge in [-0.1, -0.05) is 0 Å². The summed E-state index contributed by atoms with van der Waals surface area (Å²) in [7, 11) is -8.07. The first-order chi connectivity index (χ1) is 6.66. The molecule has 7 heteroatoms. The Morgan fingerprint density at radius 1 is 0.625 bits per heavy atom. The minimum Gasteiger partial charge on any atom is -0.454 e. The standard InChI is InChI=1S/C9H28O3Si4/c1-13(2,3)11-15(7,8)16(9,10)12-14(4,5)6/h10H,1-9H3. The summed E-state index contributed by atoms with van der Waals surface area (Å²) in [5.74, 6) is 0. The van der Waals surface area contributed by atoms with Crippen LogP contribution in [0, 0.1) is 0 Å². The van der Waals surface area contributed by atoms with Crippen LogP contribution in [-0.2, 0) is 8.23 Å². The molecule has 0 saturated carbocycles. The highest BCUT2D eigenvalue weighted by molar-refractivity contribution is 7.35. The van der Waals surface area contributed by atoms with E-state index in [-0.39, 0.29) is 0 Å². The summed E-state index contributed by atoms with van der Waals surface area (Å²) in [6, 6.07) is 0. The molecule has 0 aliphatic carbocycles. The fourth-order valence-corrected chi connectivity index (χ4v) is 23.6. The number of hydrogen-bond donors (Lipinski definition) is 1. The SMILES string of the molecule is C[Si](C)(C)O[Si](C)(C)[Si](C)(O)O[Si](C)(C)C. The van der Waals surface area contributed by atoms with Gasteiger partial charge in [-0.15, -0.1) is 0 Å². The third-order valence-corrected chi connectivity index (χ3v) is 21.5. The lowest BCUT2D eigenvalue weighted by atomic mass is 11.8. The normalized spacial score (nSPS) is 18.4. The van der Waals surface area contributed by atoms with E-state index in [1.54, 1.807) is 0 Å². The van der Waals surface area contributed by atoms with Gasteiger partial charge in [0.05, 0.1) is 0 Å². The molecule has 0 saturated heterocycles. The molecule has 0 aliphatic rings. The van der Waals surface area contributed by atoms with E-state index in [1.165, 1.54) is 0 Å². The molecule has 0 aromatic carbocycles. The van der Waals surface area contributed by atoms with E-state index >= 15 is 0 Å². The fraction of sp³-hybridized carbons (Fsp3) is 1.00. The summed E-state index contributed by atoms with van der Waals surface area (Å²) in [5, 5.41) is 0. The van der Waals surface area contributed by atoms with Gasteiger partial charge in [-0.2, -0.15) is 0 Å². The maximum atomic E-state index is 10.7. The first-order valence-corrected chi connectivity index (χ1v) is 18.9. The van der Waals surface area contributed by atoms with E-state index in [1.807, 2.05) is 6.55 Å². The zero-order valence-electron chi connectivity index (χ0n) is 12.3. The second kappa shape index (κ2) is 4.79. The highest BCUT2D eigenvalue weighted by Crippen LogP contribution is 2.26. The third kappa shape index (κ3) is 5.89. The van der Waals surface area contributed by atoms with Gasteiger partial charge >= 0.3 is 8.08 Å². The molecule has 1 unspecified atom stereocenters.